The summed E-state index contributed by atoms with van der Waals surface area (Å²) in [7, 11) is 0. The molecule has 2 N–H and O–H groups in total. The van der Waals surface area contributed by atoms with E-state index in [4.69, 9.17) is 0 Å². The Labute approximate surface area is 154 Å². The second-order valence-electron chi connectivity index (χ2n) is 5.79. The largest absolute Gasteiger partial charge is 0.355 e. The molecule has 0 spiro atoms. The quantitative estimate of drug-likeness (QED) is 0.669. The highest BCUT2D eigenvalue weighted by atomic mass is 19.1. The summed E-state index contributed by atoms with van der Waals surface area (Å²) in [5, 5.41) is 5.55. The van der Waals surface area contributed by atoms with Gasteiger partial charge in [-0.2, -0.15) is 0 Å². The Bertz CT molecular complexity index is 901. The van der Waals surface area contributed by atoms with Crippen LogP contribution in [0.2, 0.25) is 0 Å². The van der Waals surface area contributed by atoms with Crippen LogP contribution in [0.25, 0.3) is 0 Å². The number of halogens is 2. The van der Waals surface area contributed by atoms with Gasteiger partial charge in [-0.25, -0.2) is 18.7 Å². The van der Waals surface area contributed by atoms with E-state index >= 15 is 0 Å². The number of hydrogen-bond acceptors (Lipinski definition) is 5. The van der Waals surface area contributed by atoms with Gasteiger partial charge in [0.25, 0.3) is 0 Å². The van der Waals surface area contributed by atoms with E-state index in [2.05, 4.69) is 25.6 Å². The number of rotatable bonds is 7. The number of aromatic nitrogens is 3. The molecule has 0 atom stereocenters. The van der Waals surface area contributed by atoms with Gasteiger partial charge in [0.05, 0.1) is 12.1 Å². The van der Waals surface area contributed by atoms with Crippen molar-refractivity contribution in [3.05, 3.63) is 77.9 Å². The third kappa shape index (κ3) is 5.81. The summed E-state index contributed by atoms with van der Waals surface area (Å²) in [5.74, 6) is -1.43. The SMILES string of the molecule is O=C(Cc1ccnc(Nc2cc(F)cc(F)c2)n1)NCCc1ccncc1. The summed E-state index contributed by atoms with van der Waals surface area (Å²) in [6.07, 6.45) is 5.67. The monoisotopic (exact) mass is 369 g/mol. The van der Waals surface area contributed by atoms with Crippen molar-refractivity contribution < 1.29 is 13.6 Å². The van der Waals surface area contributed by atoms with Crippen LogP contribution in [0, 0.1) is 11.6 Å². The Balaban J connectivity index is 1.54. The minimum absolute atomic E-state index is 0.0745. The average Bonchev–Trinajstić information content (AvgIpc) is 2.62. The van der Waals surface area contributed by atoms with E-state index in [0.29, 0.717) is 18.7 Å². The van der Waals surface area contributed by atoms with Crippen molar-refractivity contribution in [2.24, 2.45) is 0 Å². The second-order valence-corrected chi connectivity index (χ2v) is 5.79. The minimum atomic E-state index is -0.706. The Morgan fingerprint density at radius 3 is 2.48 bits per heavy atom. The summed E-state index contributed by atoms with van der Waals surface area (Å²) in [4.78, 5) is 24.2. The molecule has 0 fully saturated rings. The molecule has 0 aliphatic carbocycles. The number of pyridine rings is 1. The third-order valence-corrected chi connectivity index (χ3v) is 3.66. The zero-order valence-corrected chi connectivity index (χ0v) is 14.3. The van der Waals surface area contributed by atoms with Crippen molar-refractivity contribution in [3.63, 3.8) is 0 Å². The van der Waals surface area contributed by atoms with Gasteiger partial charge in [0.2, 0.25) is 11.9 Å². The van der Waals surface area contributed by atoms with Crippen molar-refractivity contribution in [1.82, 2.24) is 20.3 Å². The zero-order chi connectivity index (χ0) is 19.1. The van der Waals surface area contributed by atoms with Gasteiger partial charge >= 0.3 is 0 Å². The van der Waals surface area contributed by atoms with Gasteiger partial charge in [-0.3, -0.25) is 9.78 Å². The molecule has 0 unspecified atom stereocenters. The number of carbonyl (C=O) groups is 1. The molecule has 2 heterocycles. The van der Waals surface area contributed by atoms with E-state index in [1.165, 1.54) is 6.20 Å². The maximum atomic E-state index is 13.2. The Hall–Kier alpha value is -3.42. The molecule has 3 rings (SSSR count). The molecule has 1 aromatic carbocycles. The number of benzene rings is 1. The normalized spacial score (nSPS) is 10.4. The van der Waals surface area contributed by atoms with Crippen LogP contribution in [0.15, 0.2) is 55.0 Å². The smallest absolute Gasteiger partial charge is 0.227 e. The standard InChI is InChI=1S/C19H17F2N5O/c20-14-9-15(21)11-17(10-14)26-19-24-8-4-16(25-19)12-18(27)23-7-3-13-1-5-22-6-2-13/h1-2,4-6,8-11H,3,7,12H2,(H,23,27)(H,24,25,26). The van der Waals surface area contributed by atoms with Crippen LogP contribution in [-0.2, 0) is 17.6 Å². The fourth-order valence-corrected chi connectivity index (χ4v) is 2.43. The van der Waals surface area contributed by atoms with Gasteiger partial charge in [-0.15, -0.1) is 0 Å². The molecule has 1 amide bonds. The fourth-order valence-electron chi connectivity index (χ4n) is 2.43. The van der Waals surface area contributed by atoms with Gasteiger partial charge in [0.15, 0.2) is 0 Å². The Morgan fingerprint density at radius 1 is 1.00 bits per heavy atom. The van der Waals surface area contributed by atoms with Crippen molar-refractivity contribution in [3.8, 4) is 0 Å². The molecular weight excluding hydrogens is 352 g/mol. The number of nitrogens with one attached hydrogen (secondary N) is 2. The Kier molecular flexibility index (Phi) is 5.98. The van der Waals surface area contributed by atoms with Gasteiger partial charge in [0.1, 0.15) is 11.6 Å². The highest BCUT2D eigenvalue weighted by molar-refractivity contribution is 5.78. The van der Waals surface area contributed by atoms with E-state index in [1.807, 2.05) is 12.1 Å². The highest BCUT2D eigenvalue weighted by Crippen LogP contribution is 2.16. The first-order valence-electron chi connectivity index (χ1n) is 8.29. The molecule has 0 radical (unpaired) electrons. The van der Waals surface area contributed by atoms with E-state index < -0.39 is 11.6 Å². The predicted octanol–water partition coefficient (Wildman–Crippen LogP) is 2.79. The molecule has 27 heavy (non-hydrogen) atoms. The molecule has 0 bridgehead atoms. The number of hydrogen-bond donors (Lipinski definition) is 2. The molecule has 0 aliphatic heterocycles. The van der Waals surface area contributed by atoms with E-state index in [0.717, 1.165) is 23.8 Å². The first kappa shape index (κ1) is 18.4. The molecule has 0 saturated carbocycles. The third-order valence-electron chi connectivity index (χ3n) is 3.66. The Morgan fingerprint density at radius 2 is 1.74 bits per heavy atom. The lowest BCUT2D eigenvalue weighted by atomic mass is 10.2. The topological polar surface area (TPSA) is 79.8 Å². The van der Waals surface area contributed by atoms with E-state index in [1.54, 1.807) is 18.5 Å². The lowest BCUT2D eigenvalue weighted by Gasteiger charge is -2.08. The van der Waals surface area contributed by atoms with E-state index in [-0.39, 0.29) is 24.0 Å². The first-order valence-corrected chi connectivity index (χ1v) is 8.29. The molecule has 2 aromatic heterocycles. The van der Waals surface area contributed by atoms with Crippen molar-refractivity contribution in [1.29, 1.82) is 0 Å². The number of anilines is 2. The number of carbonyl (C=O) groups excluding carboxylic acids is 1. The van der Waals surface area contributed by atoms with Gasteiger partial charge < -0.3 is 10.6 Å². The van der Waals surface area contributed by atoms with Crippen LogP contribution in [0.4, 0.5) is 20.4 Å². The lowest BCUT2D eigenvalue weighted by Crippen LogP contribution is -2.27. The number of amides is 1. The van der Waals surface area contributed by atoms with E-state index in [9.17, 15) is 13.6 Å². The van der Waals surface area contributed by atoms with Crippen molar-refractivity contribution >= 4 is 17.5 Å². The summed E-state index contributed by atoms with van der Waals surface area (Å²) in [5.41, 5.74) is 1.76. The van der Waals surface area contributed by atoms with Gasteiger partial charge in [-0.1, -0.05) is 0 Å². The second kappa shape index (κ2) is 8.79. The van der Waals surface area contributed by atoms with Crippen LogP contribution in [0.1, 0.15) is 11.3 Å². The summed E-state index contributed by atoms with van der Waals surface area (Å²) < 4.78 is 26.5. The molecular formula is C19H17F2N5O. The van der Waals surface area contributed by atoms with Crippen LogP contribution in [-0.4, -0.2) is 27.4 Å². The summed E-state index contributed by atoms with van der Waals surface area (Å²) in [6, 6.07) is 8.43. The summed E-state index contributed by atoms with van der Waals surface area (Å²) >= 11 is 0. The predicted molar refractivity (Wildman–Crippen MR) is 96.3 cm³/mol. The zero-order valence-electron chi connectivity index (χ0n) is 14.3. The van der Waals surface area contributed by atoms with Crippen LogP contribution >= 0.6 is 0 Å². The maximum absolute atomic E-state index is 13.2. The molecule has 138 valence electrons. The van der Waals surface area contributed by atoms with Crippen LogP contribution < -0.4 is 10.6 Å². The highest BCUT2D eigenvalue weighted by Gasteiger charge is 2.07. The maximum Gasteiger partial charge on any atom is 0.227 e. The molecule has 0 saturated heterocycles. The minimum Gasteiger partial charge on any atom is -0.355 e. The van der Waals surface area contributed by atoms with Crippen molar-refractivity contribution in [2.75, 3.05) is 11.9 Å². The van der Waals surface area contributed by atoms with Crippen molar-refractivity contribution in [2.45, 2.75) is 12.8 Å². The molecule has 6 nitrogen and oxygen atoms in total. The molecule has 3 aromatic rings. The average molecular weight is 369 g/mol. The summed E-state index contributed by atoms with van der Waals surface area (Å²) in [6.45, 7) is 0.502. The van der Waals surface area contributed by atoms with Crippen LogP contribution in [0.5, 0.6) is 0 Å². The fraction of sp³-hybridized carbons (Fsp3) is 0.158. The number of nitrogens with zero attached hydrogens (tertiary/aromatic N) is 3. The first-order chi connectivity index (χ1) is 13.1. The molecule has 8 heteroatoms. The lowest BCUT2D eigenvalue weighted by molar-refractivity contribution is -0.120. The van der Waals surface area contributed by atoms with Crippen LogP contribution in [0.3, 0.4) is 0 Å². The molecule has 0 aliphatic rings. The van der Waals surface area contributed by atoms with Gasteiger partial charge in [-0.05, 0) is 42.3 Å². The van der Waals surface area contributed by atoms with Gasteiger partial charge in [0, 0.05) is 36.9 Å².